The fourth-order valence-electron chi connectivity index (χ4n) is 0.808. The predicted molar refractivity (Wildman–Crippen MR) is 40.1 cm³/mol. The van der Waals surface area contributed by atoms with Crippen molar-refractivity contribution in [3.8, 4) is 11.6 Å². The third-order valence-corrected chi connectivity index (χ3v) is 1.45. The van der Waals surface area contributed by atoms with Gasteiger partial charge in [0.1, 0.15) is 5.75 Å². The SMILES string of the molecule is Cc1c(O)cc(=O)[nH]c1OC(F)(F)F. The minimum atomic E-state index is -4.90. The summed E-state index contributed by atoms with van der Waals surface area (Å²) in [5.74, 6) is -1.35. The summed E-state index contributed by atoms with van der Waals surface area (Å²) in [6.45, 7) is 1.19. The summed E-state index contributed by atoms with van der Waals surface area (Å²) in [5.41, 5.74) is -1.05. The number of alkyl halides is 3. The maximum atomic E-state index is 11.8. The smallest absolute Gasteiger partial charge is 0.507 e. The molecule has 0 saturated heterocycles. The first-order valence-electron chi connectivity index (χ1n) is 3.48. The first kappa shape index (κ1) is 10.4. The van der Waals surface area contributed by atoms with Gasteiger partial charge < -0.3 is 9.84 Å². The van der Waals surface area contributed by atoms with E-state index < -0.39 is 23.6 Å². The molecule has 0 aromatic carbocycles. The van der Waals surface area contributed by atoms with Gasteiger partial charge in [-0.25, -0.2) is 0 Å². The second kappa shape index (κ2) is 3.24. The average Bonchev–Trinajstić information content (AvgIpc) is 1.96. The van der Waals surface area contributed by atoms with Gasteiger partial charge in [0.2, 0.25) is 5.88 Å². The zero-order valence-corrected chi connectivity index (χ0v) is 6.97. The van der Waals surface area contributed by atoms with Crippen LogP contribution in [-0.2, 0) is 0 Å². The van der Waals surface area contributed by atoms with Gasteiger partial charge in [-0.05, 0) is 6.92 Å². The lowest BCUT2D eigenvalue weighted by Crippen LogP contribution is -2.20. The molecule has 0 fully saturated rings. The number of aromatic amines is 1. The maximum absolute atomic E-state index is 11.8. The summed E-state index contributed by atoms with van der Waals surface area (Å²) in [7, 11) is 0. The maximum Gasteiger partial charge on any atom is 0.574 e. The van der Waals surface area contributed by atoms with Gasteiger partial charge in [0, 0.05) is 6.07 Å². The molecule has 0 unspecified atom stereocenters. The van der Waals surface area contributed by atoms with Crippen molar-refractivity contribution >= 4 is 0 Å². The summed E-state index contributed by atoms with van der Waals surface area (Å²) in [6, 6.07) is 0.762. The van der Waals surface area contributed by atoms with E-state index in [2.05, 4.69) is 4.74 Å². The fourth-order valence-corrected chi connectivity index (χ4v) is 0.808. The summed E-state index contributed by atoms with van der Waals surface area (Å²) in [5, 5.41) is 9.01. The van der Waals surface area contributed by atoms with Gasteiger partial charge in [-0.3, -0.25) is 9.78 Å². The highest BCUT2D eigenvalue weighted by atomic mass is 19.4. The fraction of sp³-hybridized carbons (Fsp3) is 0.286. The van der Waals surface area contributed by atoms with Crippen LogP contribution in [0.25, 0.3) is 0 Å². The van der Waals surface area contributed by atoms with Gasteiger partial charge in [-0.2, -0.15) is 0 Å². The molecule has 0 saturated carbocycles. The molecule has 4 nitrogen and oxygen atoms in total. The van der Waals surface area contributed by atoms with Gasteiger partial charge >= 0.3 is 6.36 Å². The highest BCUT2D eigenvalue weighted by molar-refractivity contribution is 5.37. The number of pyridine rings is 1. The highest BCUT2D eigenvalue weighted by Gasteiger charge is 2.32. The molecule has 0 bridgehead atoms. The van der Waals surface area contributed by atoms with Gasteiger partial charge in [-0.15, -0.1) is 13.2 Å². The van der Waals surface area contributed by atoms with E-state index >= 15 is 0 Å². The molecule has 0 aliphatic heterocycles. The molecule has 14 heavy (non-hydrogen) atoms. The summed E-state index contributed by atoms with van der Waals surface area (Å²) in [4.78, 5) is 12.5. The van der Waals surface area contributed by atoms with E-state index in [9.17, 15) is 18.0 Å². The molecule has 1 rings (SSSR count). The number of ether oxygens (including phenoxy) is 1. The van der Waals surface area contributed by atoms with E-state index in [4.69, 9.17) is 5.11 Å². The van der Waals surface area contributed by atoms with Crippen LogP contribution >= 0.6 is 0 Å². The number of halogens is 3. The molecular weight excluding hydrogens is 203 g/mol. The quantitative estimate of drug-likeness (QED) is 0.732. The molecule has 0 radical (unpaired) electrons. The van der Waals surface area contributed by atoms with Crippen molar-refractivity contribution in [2.45, 2.75) is 13.3 Å². The number of hydrogen-bond acceptors (Lipinski definition) is 3. The number of rotatable bonds is 1. The zero-order chi connectivity index (χ0) is 10.9. The molecule has 7 heteroatoms. The van der Waals surface area contributed by atoms with E-state index in [-0.39, 0.29) is 5.56 Å². The van der Waals surface area contributed by atoms with Crippen LogP contribution in [0.5, 0.6) is 11.6 Å². The van der Waals surface area contributed by atoms with Crippen molar-refractivity contribution in [3.63, 3.8) is 0 Å². The van der Waals surface area contributed by atoms with Crippen LogP contribution in [-0.4, -0.2) is 16.5 Å². The van der Waals surface area contributed by atoms with Crippen LogP contribution in [0.3, 0.4) is 0 Å². The third kappa shape index (κ3) is 2.41. The Bertz CT molecular complexity index is 396. The van der Waals surface area contributed by atoms with Crippen LogP contribution in [0.2, 0.25) is 0 Å². The Morgan fingerprint density at radius 2 is 2.07 bits per heavy atom. The molecule has 1 aromatic rings. The Kier molecular flexibility index (Phi) is 2.41. The first-order chi connectivity index (χ1) is 6.29. The molecular formula is C7H6F3NO3. The molecule has 2 N–H and O–H groups in total. The predicted octanol–water partition coefficient (Wildman–Crippen LogP) is 1.29. The Labute approximate surface area is 75.9 Å². The Balaban J connectivity index is 3.15. The van der Waals surface area contributed by atoms with Crippen molar-refractivity contribution in [2.75, 3.05) is 0 Å². The topological polar surface area (TPSA) is 62.3 Å². The number of H-pyrrole nitrogens is 1. The normalized spacial score (nSPS) is 11.4. The van der Waals surface area contributed by atoms with Crippen molar-refractivity contribution in [1.82, 2.24) is 4.98 Å². The first-order valence-corrected chi connectivity index (χ1v) is 3.48. The number of nitrogens with one attached hydrogen (secondary N) is 1. The lowest BCUT2D eigenvalue weighted by atomic mass is 10.3. The monoisotopic (exact) mass is 209 g/mol. The van der Waals surface area contributed by atoms with Crippen LogP contribution in [0.1, 0.15) is 5.56 Å². The van der Waals surface area contributed by atoms with E-state index in [1.54, 1.807) is 0 Å². The Morgan fingerprint density at radius 1 is 1.50 bits per heavy atom. The lowest BCUT2D eigenvalue weighted by molar-refractivity contribution is -0.276. The van der Waals surface area contributed by atoms with E-state index in [1.807, 2.05) is 4.98 Å². The molecule has 0 amide bonds. The largest absolute Gasteiger partial charge is 0.574 e. The molecule has 0 aliphatic rings. The van der Waals surface area contributed by atoms with Gasteiger partial charge in [-0.1, -0.05) is 0 Å². The van der Waals surface area contributed by atoms with Crippen molar-refractivity contribution in [2.24, 2.45) is 0 Å². The average molecular weight is 209 g/mol. The van der Waals surface area contributed by atoms with Crippen LogP contribution in [0, 0.1) is 6.92 Å². The molecule has 1 aromatic heterocycles. The van der Waals surface area contributed by atoms with E-state index in [1.165, 1.54) is 6.92 Å². The van der Waals surface area contributed by atoms with Crippen molar-refractivity contribution in [3.05, 3.63) is 22.0 Å². The molecule has 78 valence electrons. The number of hydrogen-bond donors (Lipinski definition) is 2. The van der Waals surface area contributed by atoms with Gasteiger partial charge in [0.15, 0.2) is 0 Å². The second-order valence-electron chi connectivity index (χ2n) is 2.52. The second-order valence-corrected chi connectivity index (χ2v) is 2.52. The molecule has 0 atom stereocenters. The third-order valence-electron chi connectivity index (χ3n) is 1.45. The summed E-state index contributed by atoms with van der Waals surface area (Å²) in [6.07, 6.45) is -4.90. The summed E-state index contributed by atoms with van der Waals surface area (Å²) < 4.78 is 38.8. The van der Waals surface area contributed by atoms with Crippen molar-refractivity contribution in [1.29, 1.82) is 0 Å². The molecule has 1 heterocycles. The molecule has 0 spiro atoms. The van der Waals surface area contributed by atoms with Gasteiger partial charge in [0.25, 0.3) is 5.56 Å². The number of aromatic hydroxyl groups is 1. The summed E-state index contributed by atoms with van der Waals surface area (Å²) >= 11 is 0. The minimum absolute atomic E-state index is 0.179. The van der Waals surface area contributed by atoms with Gasteiger partial charge in [0.05, 0.1) is 5.56 Å². The zero-order valence-electron chi connectivity index (χ0n) is 6.97. The van der Waals surface area contributed by atoms with Crippen LogP contribution in [0.15, 0.2) is 10.9 Å². The standard InChI is InChI=1S/C7H6F3NO3/c1-3-4(12)2-5(13)11-6(3)14-7(8,9)10/h2H,1H3,(H2,11,12,13). The lowest BCUT2D eigenvalue weighted by Gasteiger charge is -2.10. The highest BCUT2D eigenvalue weighted by Crippen LogP contribution is 2.27. The van der Waals surface area contributed by atoms with Crippen LogP contribution in [0.4, 0.5) is 13.2 Å². The van der Waals surface area contributed by atoms with Crippen molar-refractivity contribution < 1.29 is 23.0 Å². The van der Waals surface area contributed by atoms with E-state index in [0.29, 0.717) is 0 Å². The van der Waals surface area contributed by atoms with E-state index in [0.717, 1.165) is 6.07 Å². The Hall–Kier alpha value is -1.66. The Morgan fingerprint density at radius 3 is 2.57 bits per heavy atom. The number of aromatic nitrogens is 1. The van der Waals surface area contributed by atoms with Crippen LogP contribution < -0.4 is 10.3 Å². The minimum Gasteiger partial charge on any atom is -0.507 e. The molecule has 0 aliphatic carbocycles.